The number of hydrogen-bond acceptors (Lipinski definition) is 1. The Kier molecular flexibility index (Phi) is 2.46. The highest BCUT2D eigenvalue weighted by atomic mass is 16.3. The van der Waals surface area contributed by atoms with E-state index in [0.29, 0.717) is 6.42 Å². The molecule has 1 nitrogen and oxygen atoms in total. The molecule has 52 valence electrons. The van der Waals surface area contributed by atoms with Gasteiger partial charge in [0.25, 0.3) is 0 Å². The van der Waals surface area contributed by atoms with E-state index in [2.05, 4.69) is 0 Å². The minimum absolute atomic E-state index is 0.529. The molecule has 0 saturated carbocycles. The number of aliphatic hydroxyl groups is 1. The smallest absolute Gasteiger partial charge is 0.0616 e. The topological polar surface area (TPSA) is 20.2 Å². The summed E-state index contributed by atoms with van der Waals surface area (Å²) < 4.78 is 0. The highest BCUT2D eigenvalue weighted by Gasteiger charge is 1.95. The summed E-state index contributed by atoms with van der Waals surface area (Å²) in [7, 11) is 0. The SMILES string of the molecule is [CH]C(O)Cc1ccccc1. The van der Waals surface area contributed by atoms with Gasteiger partial charge in [-0.25, -0.2) is 0 Å². The van der Waals surface area contributed by atoms with Crippen molar-refractivity contribution in [3.05, 3.63) is 42.8 Å². The Morgan fingerprint density at radius 1 is 1.30 bits per heavy atom. The van der Waals surface area contributed by atoms with Gasteiger partial charge in [0.15, 0.2) is 0 Å². The Morgan fingerprint density at radius 2 is 1.90 bits per heavy atom. The van der Waals surface area contributed by atoms with Crippen LogP contribution in [0.5, 0.6) is 0 Å². The lowest BCUT2D eigenvalue weighted by Gasteiger charge is -2.01. The molecule has 0 fully saturated rings. The fourth-order valence-corrected chi connectivity index (χ4v) is 0.856. The monoisotopic (exact) mass is 134 g/mol. The average molecular weight is 134 g/mol. The first kappa shape index (κ1) is 7.29. The maximum atomic E-state index is 8.78. The molecule has 0 aliphatic carbocycles. The van der Waals surface area contributed by atoms with Crippen LogP contribution in [0.4, 0.5) is 0 Å². The summed E-state index contributed by atoms with van der Waals surface area (Å²) in [6.45, 7) is 5.18. The highest BCUT2D eigenvalue weighted by Crippen LogP contribution is 2.01. The van der Waals surface area contributed by atoms with Crippen molar-refractivity contribution < 1.29 is 5.11 Å². The maximum Gasteiger partial charge on any atom is 0.0616 e. The molecule has 2 radical (unpaired) electrons. The van der Waals surface area contributed by atoms with E-state index >= 15 is 0 Å². The third-order valence-corrected chi connectivity index (χ3v) is 1.29. The van der Waals surface area contributed by atoms with Gasteiger partial charge < -0.3 is 5.11 Å². The first-order chi connectivity index (χ1) is 4.79. The molecule has 0 heterocycles. The van der Waals surface area contributed by atoms with E-state index in [1.54, 1.807) is 0 Å². The average Bonchev–Trinajstić information content (AvgIpc) is 1.88. The van der Waals surface area contributed by atoms with Crippen LogP contribution in [0.25, 0.3) is 0 Å². The Bertz CT molecular complexity index is 179. The lowest BCUT2D eigenvalue weighted by Crippen LogP contribution is -2.03. The van der Waals surface area contributed by atoms with Crippen LogP contribution in [0.2, 0.25) is 0 Å². The first-order valence-corrected chi connectivity index (χ1v) is 3.26. The molecule has 1 rings (SSSR count). The van der Waals surface area contributed by atoms with Gasteiger partial charge in [-0.1, -0.05) is 30.3 Å². The maximum absolute atomic E-state index is 8.78. The van der Waals surface area contributed by atoms with Crippen molar-refractivity contribution >= 4 is 0 Å². The molecule has 0 bridgehead atoms. The second kappa shape index (κ2) is 3.37. The lowest BCUT2D eigenvalue weighted by molar-refractivity contribution is 0.221. The van der Waals surface area contributed by atoms with Gasteiger partial charge >= 0.3 is 0 Å². The van der Waals surface area contributed by atoms with Gasteiger partial charge in [0, 0.05) is 0 Å². The molecule has 0 aliphatic heterocycles. The quantitative estimate of drug-likeness (QED) is 0.646. The summed E-state index contributed by atoms with van der Waals surface area (Å²) in [6.07, 6.45) is -0.205. The molecule has 1 heteroatoms. The van der Waals surface area contributed by atoms with E-state index in [9.17, 15) is 0 Å². The van der Waals surface area contributed by atoms with Gasteiger partial charge in [-0.2, -0.15) is 0 Å². The van der Waals surface area contributed by atoms with Crippen LogP contribution >= 0.6 is 0 Å². The van der Waals surface area contributed by atoms with E-state index in [1.165, 1.54) is 0 Å². The fraction of sp³-hybridized carbons (Fsp3) is 0.222. The summed E-state index contributed by atoms with van der Waals surface area (Å²) >= 11 is 0. The van der Waals surface area contributed by atoms with Crippen LogP contribution in [-0.2, 0) is 6.42 Å². The normalized spacial score (nSPS) is 13.0. The number of aliphatic hydroxyl groups excluding tert-OH is 1. The Morgan fingerprint density at radius 3 is 2.40 bits per heavy atom. The minimum atomic E-state index is -0.734. The molecule has 1 aromatic rings. The van der Waals surface area contributed by atoms with Gasteiger partial charge in [0.2, 0.25) is 0 Å². The fourth-order valence-electron chi connectivity index (χ4n) is 0.856. The molecular weight excluding hydrogens is 124 g/mol. The van der Waals surface area contributed by atoms with E-state index in [-0.39, 0.29) is 0 Å². The summed E-state index contributed by atoms with van der Waals surface area (Å²) in [4.78, 5) is 0. The molecule has 0 aromatic heterocycles. The minimum Gasteiger partial charge on any atom is -0.392 e. The Hall–Kier alpha value is -0.820. The van der Waals surface area contributed by atoms with E-state index in [4.69, 9.17) is 12.0 Å². The molecule has 1 unspecified atom stereocenters. The highest BCUT2D eigenvalue weighted by molar-refractivity contribution is 5.15. The summed E-state index contributed by atoms with van der Waals surface area (Å²) in [5, 5.41) is 8.78. The zero-order chi connectivity index (χ0) is 7.40. The third-order valence-electron chi connectivity index (χ3n) is 1.29. The van der Waals surface area contributed by atoms with Gasteiger partial charge in [-0.3, -0.25) is 0 Å². The van der Waals surface area contributed by atoms with Crippen molar-refractivity contribution in [2.75, 3.05) is 0 Å². The third kappa shape index (κ3) is 2.19. The van der Waals surface area contributed by atoms with Crippen molar-refractivity contribution in [2.24, 2.45) is 0 Å². The van der Waals surface area contributed by atoms with Crippen LogP contribution in [0.1, 0.15) is 5.56 Å². The molecular formula is C9H10O. The van der Waals surface area contributed by atoms with Crippen molar-refractivity contribution in [3.8, 4) is 0 Å². The van der Waals surface area contributed by atoms with Crippen LogP contribution < -0.4 is 0 Å². The van der Waals surface area contributed by atoms with Crippen molar-refractivity contribution in [1.82, 2.24) is 0 Å². The van der Waals surface area contributed by atoms with E-state index < -0.39 is 6.10 Å². The molecule has 1 atom stereocenters. The van der Waals surface area contributed by atoms with Crippen molar-refractivity contribution in [2.45, 2.75) is 12.5 Å². The summed E-state index contributed by atoms with van der Waals surface area (Å²) in [5.74, 6) is 0. The standard InChI is InChI=1S/C9H10O/c1-8(10)7-9-5-3-2-4-6-9/h1-6,8,10H,7H2. The molecule has 0 saturated heterocycles. The predicted molar refractivity (Wildman–Crippen MR) is 40.5 cm³/mol. The first-order valence-electron chi connectivity index (χ1n) is 3.26. The summed E-state index contributed by atoms with van der Waals surface area (Å²) in [5.41, 5.74) is 1.07. The molecule has 1 N–H and O–H groups in total. The molecule has 0 spiro atoms. The van der Waals surface area contributed by atoms with E-state index in [1.807, 2.05) is 30.3 Å². The van der Waals surface area contributed by atoms with Gasteiger partial charge in [0.05, 0.1) is 6.10 Å². The van der Waals surface area contributed by atoms with Gasteiger partial charge in [-0.15, -0.1) is 0 Å². The summed E-state index contributed by atoms with van der Waals surface area (Å²) in [6, 6.07) is 9.67. The van der Waals surface area contributed by atoms with Crippen molar-refractivity contribution in [3.63, 3.8) is 0 Å². The Balaban J connectivity index is 2.59. The molecule has 0 amide bonds. The second-order valence-electron chi connectivity index (χ2n) is 2.26. The van der Waals surface area contributed by atoms with Gasteiger partial charge in [0.1, 0.15) is 0 Å². The molecule has 0 aliphatic rings. The molecule has 10 heavy (non-hydrogen) atoms. The van der Waals surface area contributed by atoms with E-state index in [0.717, 1.165) is 5.56 Å². The largest absolute Gasteiger partial charge is 0.392 e. The lowest BCUT2D eigenvalue weighted by atomic mass is 10.1. The van der Waals surface area contributed by atoms with Crippen LogP contribution in [0, 0.1) is 6.92 Å². The molecule has 1 aromatic carbocycles. The predicted octanol–water partition coefficient (Wildman–Crippen LogP) is 1.30. The van der Waals surface area contributed by atoms with Crippen LogP contribution in [0.15, 0.2) is 30.3 Å². The second-order valence-corrected chi connectivity index (χ2v) is 2.26. The zero-order valence-electron chi connectivity index (χ0n) is 5.70. The van der Waals surface area contributed by atoms with Crippen LogP contribution in [-0.4, -0.2) is 11.2 Å². The van der Waals surface area contributed by atoms with Gasteiger partial charge in [-0.05, 0) is 18.9 Å². The van der Waals surface area contributed by atoms with Crippen molar-refractivity contribution in [1.29, 1.82) is 0 Å². The zero-order valence-corrected chi connectivity index (χ0v) is 5.70. The number of benzene rings is 1. The number of hydrogen-bond donors (Lipinski definition) is 1. The number of rotatable bonds is 2. The van der Waals surface area contributed by atoms with Crippen LogP contribution in [0.3, 0.4) is 0 Å². The Labute approximate surface area is 61.3 Å².